The quantitative estimate of drug-likeness (QED) is 0.172. The van der Waals surface area contributed by atoms with Gasteiger partial charge in [0.05, 0.1) is 22.1 Å². The average molecular weight is 717 g/mol. The average Bonchev–Trinajstić information content (AvgIpc) is 3.83. The molecule has 0 amide bonds. The summed E-state index contributed by atoms with van der Waals surface area (Å²) in [5.41, 5.74) is 10.4. The van der Waals surface area contributed by atoms with E-state index in [2.05, 4.69) is 137 Å². The highest BCUT2D eigenvalue weighted by Gasteiger charge is 2.21. The Morgan fingerprint density at radius 1 is 0.321 bits per heavy atom. The summed E-state index contributed by atoms with van der Waals surface area (Å²) in [7, 11) is 0. The van der Waals surface area contributed by atoms with Gasteiger partial charge < -0.3 is 0 Å². The molecule has 0 atom stereocenters. The molecular formula is C50H32N6. The summed E-state index contributed by atoms with van der Waals surface area (Å²) >= 11 is 0. The van der Waals surface area contributed by atoms with Crippen molar-refractivity contribution in [1.29, 1.82) is 0 Å². The van der Waals surface area contributed by atoms with E-state index in [0.717, 1.165) is 82.9 Å². The third kappa shape index (κ3) is 5.19. The van der Waals surface area contributed by atoms with Gasteiger partial charge in [0, 0.05) is 33.2 Å². The number of hydrogen-bond acceptors (Lipinski definition) is 4. The Morgan fingerprint density at radius 2 is 0.857 bits per heavy atom. The second kappa shape index (κ2) is 13.0. The van der Waals surface area contributed by atoms with E-state index in [9.17, 15) is 0 Å². The maximum absolute atomic E-state index is 5.21. The van der Waals surface area contributed by atoms with Crippen LogP contribution in [0.2, 0.25) is 0 Å². The minimum absolute atomic E-state index is 0.577. The van der Waals surface area contributed by atoms with E-state index in [1.807, 2.05) is 66.7 Å². The lowest BCUT2D eigenvalue weighted by molar-refractivity contribution is 0.953. The van der Waals surface area contributed by atoms with Gasteiger partial charge in [-0.2, -0.15) is 9.97 Å². The Balaban J connectivity index is 1.10. The third-order valence-electron chi connectivity index (χ3n) is 10.6. The summed E-state index contributed by atoms with van der Waals surface area (Å²) in [5, 5.41) is 4.56. The molecule has 0 N–H and O–H groups in total. The molecule has 0 spiro atoms. The first-order valence-corrected chi connectivity index (χ1v) is 18.7. The van der Waals surface area contributed by atoms with Crippen LogP contribution in [0.5, 0.6) is 0 Å². The Bertz CT molecular complexity index is 3180. The summed E-state index contributed by atoms with van der Waals surface area (Å²) in [6.07, 6.45) is 0. The van der Waals surface area contributed by atoms with Gasteiger partial charge in [-0.1, -0.05) is 146 Å². The molecule has 6 nitrogen and oxygen atoms in total. The van der Waals surface area contributed by atoms with Gasteiger partial charge in [0.25, 0.3) is 0 Å². The summed E-state index contributed by atoms with van der Waals surface area (Å²) in [4.78, 5) is 20.4. The molecular weight excluding hydrogens is 685 g/mol. The number of para-hydroxylation sites is 4. The van der Waals surface area contributed by atoms with E-state index in [4.69, 9.17) is 19.9 Å². The van der Waals surface area contributed by atoms with E-state index in [1.54, 1.807) is 0 Å². The minimum Gasteiger partial charge on any atom is -0.292 e. The third-order valence-corrected chi connectivity index (χ3v) is 10.6. The second-order valence-electron chi connectivity index (χ2n) is 13.9. The lowest BCUT2D eigenvalue weighted by Crippen LogP contribution is -2.06. The Labute approximate surface area is 322 Å². The highest BCUT2D eigenvalue weighted by atomic mass is 15.2. The van der Waals surface area contributed by atoms with Crippen molar-refractivity contribution in [3.63, 3.8) is 0 Å². The lowest BCUT2D eigenvalue weighted by Gasteiger charge is -2.14. The summed E-state index contributed by atoms with van der Waals surface area (Å²) in [6.45, 7) is 0. The molecule has 0 radical (unpaired) electrons. The van der Waals surface area contributed by atoms with Gasteiger partial charge in [0.1, 0.15) is 5.82 Å². The number of aromatic nitrogens is 6. The Morgan fingerprint density at radius 3 is 1.55 bits per heavy atom. The van der Waals surface area contributed by atoms with Crippen molar-refractivity contribution in [2.45, 2.75) is 0 Å². The van der Waals surface area contributed by atoms with E-state index in [1.165, 1.54) is 0 Å². The monoisotopic (exact) mass is 716 g/mol. The molecule has 0 saturated carbocycles. The molecule has 262 valence electrons. The van der Waals surface area contributed by atoms with Crippen LogP contribution in [0, 0.1) is 0 Å². The molecule has 0 aliphatic carbocycles. The standard InChI is InChI=1S/C50H32N6/c1-4-16-33(17-5-1)47-52-48(34-18-6-2-7-19-34)54-50(53-47)56-44-26-14-12-24-40(44)42-32-35(28-31-45(42)56)37-29-30-41(39-23-11-10-22-38(37)39)49-51-43-25-13-15-27-46(43)55(49)36-20-8-3-9-21-36/h1-32H. The van der Waals surface area contributed by atoms with Crippen LogP contribution in [-0.4, -0.2) is 29.1 Å². The Kier molecular flexibility index (Phi) is 7.38. The van der Waals surface area contributed by atoms with E-state index < -0.39 is 0 Å². The van der Waals surface area contributed by atoms with Crippen LogP contribution < -0.4 is 0 Å². The van der Waals surface area contributed by atoms with Crippen molar-refractivity contribution in [2.75, 3.05) is 0 Å². The van der Waals surface area contributed by atoms with Gasteiger partial charge in [-0.05, 0) is 70.4 Å². The number of fused-ring (bicyclic) bond motifs is 5. The lowest BCUT2D eigenvalue weighted by atomic mass is 9.94. The molecule has 0 saturated heterocycles. The number of rotatable bonds is 6. The van der Waals surface area contributed by atoms with Crippen LogP contribution in [0.25, 0.3) is 101 Å². The predicted molar refractivity (Wildman–Crippen MR) is 228 cm³/mol. The van der Waals surface area contributed by atoms with Gasteiger partial charge in [0.15, 0.2) is 11.6 Å². The molecule has 3 heterocycles. The molecule has 8 aromatic carbocycles. The van der Waals surface area contributed by atoms with Gasteiger partial charge in [0.2, 0.25) is 5.95 Å². The van der Waals surface area contributed by atoms with Gasteiger partial charge >= 0.3 is 0 Å². The van der Waals surface area contributed by atoms with Gasteiger partial charge in [-0.3, -0.25) is 9.13 Å². The van der Waals surface area contributed by atoms with E-state index in [0.29, 0.717) is 17.6 Å². The van der Waals surface area contributed by atoms with Crippen molar-refractivity contribution < 1.29 is 0 Å². The van der Waals surface area contributed by atoms with Gasteiger partial charge in [-0.15, -0.1) is 0 Å². The summed E-state index contributed by atoms with van der Waals surface area (Å²) in [5.74, 6) is 2.75. The van der Waals surface area contributed by atoms with Crippen molar-refractivity contribution in [1.82, 2.24) is 29.1 Å². The smallest absolute Gasteiger partial charge is 0.238 e. The molecule has 6 heteroatoms. The first-order valence-electron chi connectivity index (χ1n) is 18.7. The summed E-state index contributed by atoms with van der Waals surface area (Å²) in [6, 6.07) is 67.4. The van der Waals surface area contributed by atoms with Crippen molar-refractivity contribution in [2.24, 2.45) is 0 Å². The van der Waals surface area contributed by atoms with Crippen LogP contribution in [-0.2, 0) is 0 Å². The fourth-order valence-corrected chi connectivity index (χ4v) is 8.04. The van der Waals surface area contributed by atoms with Gasteiger partial charge in [-0.25, -0.2) is 9.97 Å². The number of nitrogens with zero attached hydrogens (tertiary/aromatic N) is 6. The molecule has 0 aliphatic heterocycles. The van der Waals surface area contributed by atoms with Crippen LogP contribution in [0.4, 0.5) is 0 Å². The second-order valence-corrected chi connectivity index (χ2v) is 13.9. The molecule has 11 rings (SSSR count). The molecule has 0 fully saturated rings. The maximum Gasteiger partial charge on any atom is 0.238 e. The van der Waals surface area contributed by atoms with Crippen LogP contribution >= 0.6 is 0 Å². The molecule has 56 heavy (non-hydrogen) atoms. The van der Waals surface area contributed by atoms with Crippen molar-refractivity contribution in [3.05, 3.63) is 194 Å². The zero-order valence-corrected chi connectivity index (χ0v) is 30.2. The van der Waals surface area contributed by atoms with Crippen LogP contribution in [0.1, 0.15) is 0 Å². The zero-order chi connectivity index (χ0) is 37.0. The molecule has 3 aromatic heterocycles. The highest BCUT2D eigenvalue weighted by Crippen LogP contribution is 2.40. The largest absolute Gasteiger partial charge is 0.292 e. The topological polar surface area (TPSA) is 61.4 Å². The highest BCUT2D eigenvalue weighted by molar-refractivity contribution is 6.12. The number of hydrogen-bond donors (Lipinski definition) is 0. The first kappa shape index (κ1) is 31.8. The van der Waals surface area contributed by atoms with Crippen LogP contribution in [0.3, 0.4) is 0 Å². The fraction of sp³-hybridized carbons (Fsp3) is 0. The Hall–Kier alpha value is -7.70. The molecule has 0 bridgehead atoms. The fourth-order valence-electron chi connectivity index (χ4n) is 8.04. The molecule has 0 aliphatic rings. The summed E-state index contributed by atoms with van der Waals surface area (Å²) < 4.78 is 4.44. The maximum atomic E-state index is 5.21. The minimum atomic E-state index is 0.577. The number of benzene rings is 8. The zero-order valence-electron chi connectivity index (χ0n) is 30.2. The number of imidazole rings is 1. The van der Waals surface area contributed by atoms with E-state index >= 15 is 0 Å². The van der Waals surface area contributed by atoms with Crippen molar-refractivity contribution >= 4 is 43.6 Å². The first-order chi connectivity index (χ1) is 27.8. The predicted octanol–water partition coefficient (Wildman–Crippen LogP) is 12.1. The van der Waals surface area contributed by atoms with Crippen molar-refractivity contribution in [3.8, 4) is 56.9 Å². The SMILES string of the molecule is c1ccc(-c2nc(-c3ccccc3)nc(-n3c4ccccc4c4cc(-c5ccc(-c6nc7ccccc7n6-c6ccccc6)c6ccccc56)ccc43)n2)cc1. The molecule has 11 aromatic rings. The molecule has 0 unspecified atom stereocenters. The normalized spacial score (nSPS) is 11.6. The van der Waals surface area contributed by atoms with E-state index in [-0.39, 0.29) is 0 Å². The van der Waals surface area contributed by atoms with Crippen LogP contribution in [0.15, 0.2) is 194 Å².